The van der Waals surface area contributed by atoms with Crippen LogP contribution in [0.1, 0.15) is 22.3 Å². The van der Waals surface area contributed by atoms with E-state index in [9.17, 15) is 9.18 Å². The van der Waals surface area contributed by atoms with E-state index in [0.717, 1.165) is 29.1 Å². The summed E-state index contributed by atoms with van der Waals surface area (Å²) >= 11 is 7.22. The highest BCUT2D eigenvalue weighted by molar-refractivity contribution is 7.99. The minimum absolute atomic E-state index is 0.0494. The molecule has 0 aromatic heterocycles. The summed E-state index contributed by atoms with van der Waals surface area (Å²) < 4.78 is 13.4. The third-order valence-electron chi connectivity index (χ3n) is 2.24. The van der Waals surface area contributed by atoms with Crippen molar-refractivity contribution >= 4 is 29.6 Å². The van der Waals surface area contributed by atoms with Gasteiger partial charge >= 0.3 is 0 Å². The Balaban J connectivity index is 2.65. The van der Waals surface area contributed by atoms with Gasteiger partial charge in [0, 0.05) is 4.90 Å². The minimum Gasteiger partial charge on any atom is -0.298 e. The van der Waals surface area contributed by atoms with Crippen LogP contribution in [0.5, 0.6) is 0 Å². The van der Waals surface area contributed by atoms with Crippen LogP contribution < -0.4 is 0 Å². The van der Waals surface area contributed by atoms with Gasteiger partial charge in [-0.1, -0.05) is 11.6 Å². The van der Waals surface area contributed by atoms with Crippen LogP contribution in [-0.4, -0.2) is 12.0 Å². The second-order valence-electron chi connectivity index (χ2n) is 3.14. The van der Waals surface area contributed by atoms with Gasteiger partial charge in [-0.2, -0.15) is 0 Å². The Kier molecular flexibility index (Phi) is 2.79. The standard InChI is InChI=1S/C10H8ClFOS/c11-8-4-6-2-1-3-14-10(6)7(5-13)9(8)12/h4-5H,1-3H2. The van der Waals surface area contributed by atoms with Crippen LogP contribution in [0.25, 0.3) is 0 Å². The van der Waals surface area contributed by atoms with Crippen LogP contribution in [0.15, 0.2) is 11.0 Å². The zero-order chi connectivity index (χ0) is 10.1. The van der Waals surface area contributed by atoms with Crippen molar-refractivity contribution in [3.63, 3.8) is 0 Å². The van der Waals surface area contributed by atoms with Gasteiger partial charge in [-0.05, 0) is 30.2 Å². The number of carbonyl (C=O) groups excluding carboxylic acids is 1. The summed E-state index contributed by atoms with van der Waals surface area (Å²) in [6.45, 7) is 0. The predicted octanol–water partition coefficient (Wildman–Crippen LogP) is 3.33. The molecule has 0 N–H and O–H groups in total. The van der Waals surface area contributed by atoms with Crippen molar-refractivity contribution in [3.05, 3.63) is 28.0 Å². The van der Waals surface area contributed by atoms with Crippen molar-refractivity contribution in [2.24, 2.45) is 0 Å². The fourth-order valence-corrected chi connectivity index (χ4v) is 2.95. The number of fused-ring (bicyclic) bond motifs is 1. The summed E-state index contributed by atoms with van der Waals surface area (Å²) in [5, 5.41) is 0.0494. The molecule has 1 aliphatic rings. The fourth-order valence-electron chi connectivity index (χ4n) is 1.58. The molecule has 1 nitrogen and oxygen atoms in total. The molecule has 0 spiro atoms. The predicted molar refractivity (Wildman–Crippen MR) is 55.8 cm³/mol. The average Bonchev–Trinajstić information content (AvgIpc) is 2.20. The summed E-state index contributed by atoms with van der Waals surface area (Å²) in [4.78, 5) is 11.5. The number of benzene rings is 1. The van der Waals surface area contributed by atoms with Crippen molar-refractivity contribution < 1.29 is 9.18 Å². The number of rotatable bonds is 1. The van der Waals surface area contributed by atoms with Crippen LogP contribution in [0.3, 0.4) is 0 Å². The quantitative estimate of drug-likeness (QED) is 0.689. The van der Waals surface area contributed by atoms with E-state index in [4.69, 9.17) is 11.6 Å². The second kappa shape index (κ2) is 3.91. The average molecular weight is 231 g/mol. The lowest BCUT2D eigenvalue weighted by Crippen LogP contribution is -2.04. The summed E-state index contributed by atoms with van der Waals surface area (Å²) in [6.07, 6.45) is 2.49. The zero-order valence-corrected chi connectivity index (χ0v) is 8.92. The highest BCUT2D eigenvalue weighted by Crippen LogP contribution is 2.36. The Morgan fingerprint density at radius 2 is 2.36 bits per heavy atom. The van der Waals surface area contributed by atoms with E-state index in [0.29, 0.717) is 6.29 Å². The van der Waals surface area contributed by atoms with Gasteiger partial charge in [-0.25, -0.2) is 4.39 Å². The Morgan fingerprint density at radius 3 is 3.07 bits per heavy atom. The third-order valence-corrected chi connectivity index (χ3v) is 3.78. The minimum atomic E-state index is -0.588. The monoisotopic (exact) mass is 230 g/mol. The smallest absolute Gasteiger partial charge is 0.154 e. The summed E-state index contributed by atoms with van der Waals surface area (Å²) in [5.41, 5.74) is 1.12. The van der Waals surface area contributed by atoms with Crippen LogP contribution in [0.2, 0.25) is 5.02 Å². The maximum absolute atomic E-state index is 13.4. The molecule has 2 rings (SSSR count). The SMILES string of the molecule is O=Cc1c(F)c(Cl)cc2c1SCCC2. The Morgan fingerprint density at radius 1 is 1.57 bits per heavy atom. The fraction of sp³-hybridized carbons (Fsp3) is 0.300. The van der Waals surface area contributed by atoms with E-state index >= 15 is 0 Å². The Labute approximate surface area is 90.6 Å². The molecule has 0 amide bonds. The first-order valence-electron chi connectivity index (χ1n) is 4.33. The summed E-state index contributed by atoms with van der Waals surface area (Å²) in [5.74, 6) is 0.351. The van der Waals surface area contributed by atoms with Gasteiger partial charge in [-0.15, -0.1) is 11.8 Å². The van der Waals surface area contributed by atoms with E-state index < -0.39 is 5.82 Å². The molecular formula is C10H8ClFOS. The lowest BCUT2D eigenvalue weighted by Gasteiger charge is -2.17. The van der Waals surface area contributed by atoms with E-state index in [2.05, 4.69) is 0 Å². The molecule has 1 heterocycles. The molecule has 0 radical (unpaired) electrons. The Hall–Kier alpha value is -0.540. The molecule has 0 unspecified atom stereocenters. The maximum atomic E-state index is 13.4. The third kappa shape index (κ3) is 1.55. The first kappa shape index (κ1) is 9.99. The first-order valence-corrected chi connectivity index (χ1v) is 5.69. The van der Waals surface area contributed by atoms with Gasteiger partial charge in [0.25, 0.3) is 0 Å². The van der Waals surface area contributed by atoms with Crippen LogP contribution >= 0.6 is 23.4 Å². The number of aldehydes is 1. The number of aryl methyl sites for hydroxylation is 1. The second-order valence-corrected chi connectivity index (χ2v) is 4.66. The number of carbonyl (C=O) groups is 1. The largest absolute Gasteiger partial charge is 0.298 e. The molecule has 0 bridgehead atoms. The van der Waals surface area contributed by atoms with Gasteiger partial charge in [0.2, 0.25) is 0 Å². The van der Waals surface area contributed by atoms with E-state index in [-0.39, 0.29) is 10.6 Å². The first-order chi connectivity index (χ1) is 6.74. The number of halogens is 2. The normalized spacial score (nSPS) is 15.0. The maximum Gasteiger partial charge on any atom is 0.154 e. The van der Waals surface area contributed by atoms with Crippen LogP contribution in [-0.2, 0) is 6.42 Å². The van der Waals surface area contributed by atoms with Gasteiger partial charge in [0.1, 0.15) is 0 Å². The summed E-state index contributed by atoms with van der Waals surface area (Å²) in [6, 6.07) is 1.63. The van der Waals surface area contributed by atoms with Gasteiger partial charge in [0.15, 0.2) is 12.1 Å². The van der Waals surface area contributed by atoms with Crippen molar-refractivity contribution in [1.82, 2.24) is 0 Å². The number of hydrogen-bond acceptors (Lipinski definition) is 2. The molecule has 0 aliphatic carbocycles. The molecule has 0 fully saturated rings. The zero-order valence-electron chi connectivity index (χ0n) is 7.35. The number of hydrogen-bond donors (Lipinski definition) is 0. The highest BCUT2D eigenvalue weighted by Gasteiger charge is 2.19. The molecular weight excluding hydrogens is 223 g/mol. The van der Waals surface area contributed by atoms with Crippen molar-refractivity contribution in [2.75, 3.05) is 5.75 Å². The van der Waals surface area contributed by atoms with Gasteiger partial charge < -0.3 is 0 Å². The highest BCUT2D eigenvalue weighted by atomic mass is 35.5. The van der Waals surface area contributed by atoms with Gasteiger partial charge in [0.05, 0.1) is 10.6 Å². The van der Waals surface area contributed by atoms with Gasteiger partial charge in [-0.3, -0.25) is 4.79 Å². The lowest BCUT2D eigenvalue weighted by molar-refractivity contribution is 0.111. The van der Waals surface area contributed by atoms with E-state index in [1.807, 2.05) is 0 Å². The molecule has 1 aromatic carbocycles. The van der Waals surface area contributed by atoms with E-state index in [1.165, 1.54) is 11.8 Å². The van der Waals surface area contributed by atoms with E-state index in [1.54, 1.807) is 6.07 Å². The molecule has 0 saturated carbocycles. The molecule has 1 aliphatic heterocycles. The molecule has 0 atom stereocenters. The number of thioether (sulfide) groups is 1. The summed E-state index contributed by atoms with van der Waals surface area (Å²) in [7, 11) is 0. The van der Waals surface area contributed by atoms with Crippen LogP contribution in [0.4, 0.5) is 4.39 Å². The Bertz CT molecular complexity index is 392. The molecule has 4 heteroatoms. The van der Waals surface area contributed by atoms with Crippen molar-refractivity contribution in [2.45, 2.75) is 17.7 Å². The molecule has 1 aromatic rings. The molecule has 74 valence electrons. The molecule has 0 saturated heterocycles. The van der Waals surface area contributed by atoms with Crippen LogP contribution in [0, 0.1) is 5.82 Å². The van der Waals surface area contributed by atoms with Crippen molar-refractivity contribution in [1.29, 1.82) is 0 Å². The lowest BCUT2D eigenvalue weighted by atomic mass is 10.1. The topological polar surface area (TPSA) is 17.1 Å². The molecule has 14 heavy (non-hydrogen) atoms. The van der Waals surface area contributed by atoms with Crippen molar-refractivity contribution in [3.8, 4) is 0 Å².